The zero-order valence-electron chi connectivity index (χ0n) is 10.6. The van der Waals surface area contributed by atoms with Crippen LogP contribution >= 0.6 is 0 Å². The van der Waals surface area contributed by atoms with Gasteiger partial charge in [0.1, 0.15) is 5.41 Å². The van der Waals surface area contributed by atoms with E-state index in [9.17, 15) is 9.59 Å². The summed E-state index contributed by atoms with van der Waals surface area (Å²) < 4.78 is 9.97. The number of amides is 1. The predicted octanol–water partition coefficient (Wildman–Crippen LogP) is -1.04. The minimum Gasteiger partial charge on any atom is -0.481 e. The summed E-state index contributed by atoms with van der Waals surface area (Å²) in [7, 11) is 1.52. The third-order valence-electron chi connectivity index (χ3n) is 3.23. The van der Waals surface area contributed by atoms with E-state index in [2.05, 4.69) is 5.32 Å². The Morgan fingerprint density at radius 3 is 2.89 bits per heavy atom. The number of carboxylic acid groups (broad SMARTS) is 1. The first-order valence-corrected chi connectivity index (χ1v) is 5.78. The molecule has 104 valence electrons. The number of aliphatic carboxylic acids is 1. The molecule has 1 heterocycles. The van der Waals surface area contributed by atoms with Gasteiger partial charge in [-0.3, -0.25) is 9.59 Å². The minimum absolute atomic E-state index is 0.0839. The van der Waals surface area contributed by atoms with E-state index >= 15 is 0 Å². The van der Waals surface area contributed by atoms with Crippen molar-refractivity contribution >= 4 is 11.9 Å². The number of hydrogen-bond acceptors (Lipinski definition) is 5. The average Bonchev–Trinajstić information content (AvgIpc) is 2.69. The fraction of sp³-hybridized carbons (Fsp3) is 0.818. The maximum absolute atomic E-state index is 11.8. The van der Waals surface area contributed by atoms with Crippen LogP contribution in [0.4, 0.5) is 0 Å². The quantitative estimate of drug-likeness (QED) is 0.562. The molecule has 4 N–H and O–H groups in total. The lowest BCUT2D eigenvalue weighted by Gasteiger charge is -2.26. The number of ether oxygens (including phenoxy) is 2. The van der Waals surface area contributed by atoms with Crippen molar-refractivity contribution in [1.29, 1.82) is 0 Å². The highest BCUT2D eigenvalue weighted by molar-refractivity contribution is 5.83. The number of carbonyl (C=O) groups is 2. The summed E-state index contributed by atoms with van der Waals surface area (Å²) in [4.78, 5) is 22.9. The smallest absolute Gasteiger partial charge is 0.313 e. The molecule has 1 rings (SSSR count). The number of nitrogens with one attached hydrogen (secondary N) is 1. The highest BCUT2D eigenvalue weighted by Gasteiger charge is 2.47. The van der Waals surface area contributed by atoms with E-state index in [4.69, 9.17) is 20.3 Å². The van der Waals surface area contributed by atoms with Gasteiger partial charge in [0, 0.05) is 13.7 Å². The van der Waals surface area contributed by atoms with Gasteiger partial charge in [-0.1, -0.05) is 0 Å². The van der Waals surface area contributed by atoms with Gasteiger partial charge in [0.05, 0.1) is 25.3 Å². The first-order chi connectivity index (χ1) is 8.41. The lowest BCUT2D eigenvalue weighted by Crippen LogP contribution is -2.53. The van der Waals surface area contributed by atoms with E-state index < -0.39 is 23.5 Å². The van der Waals surface area contributed by atoms with Gasteiger partial charge in [0.2, 0.25) is 5.91 Å². The average molecular weight is 260 g/mol. The first-order valence-electron chi connectivity index (χ1n) is 5.78. The van der Waals surface area contributed by atoms with Crippen LogP contribution in [-0.2, 0) is 19.1 Å². The Hall–Kier alpha value is -1.18. The summed E-state index contributed by atoms with van der Waals surface area (Å²) in [6, 6.07) is -1.26. The molecule has 0 aromatic carbocycles. The molecule has 1 saturated heterocycles. The highest BCUT2D eigenvalue weighted by atomic mass is 16.5. The maximum atomic E-state index is 11.8. The van der Waals surface area contributed by atoms with E-state index in [-0.39, 0.29) is 19.1 Å². The van der Waals surface area contributed by atoms with Gasteiger partial charge in [0.25, 0.3) is 0 Å². The van der Waals surface area contributed by atoms with Gasteiger partial charge in [-0.2, -0.15) is 0 Å². The number of nitrogens with two attached hydrogens (primary N) is 1. The van der Waals surface area contributed by atoms with Crippen molar-refractivity contribution < 1.29 is 24.2 Å². The zero-order valence-corrected chi connectivity index (χ0v) is 10.6. The summed E-state index contributed by atoms with van der Waals surface area (Å²) in [5.41, 5.74) is 4.57. The van der Waals surface area contributed by atoms with Crippen LogP contribution in [0.3, 0.4) is 0 Å². The van der Waals surface area contributed by atoms with Crippen LogP contribution in [0.1, 0.15) is 13.3 Å². The van der Waals surface area contributed by atoms with Gasteiger partial charge < -0.3 is 25.6 Å². The van der Waals surface area contributed by atoms with E-state index in [0.29, 0.717) is 13.0 Å². The molecule has 0 bridgehead atoms. The van der Waals surface area contributed by atoms with Crippen LogP contribution < -0.4 is 11.1 Å². The van der Waals surface area contributed by atoms with E-state index in [0.717, 1.165) is 0 Å². The van der Waals surface area contributed by atoms with Gasteiger partial charge in [-0.25, -0.2) is 0 Å². The Balaban J connectivity index is 2.56. The number of rotatable bonds is 6. The monoisotopic (exact) mass is 260 g/mol. The van der Waals surface area contributed by atoms with Crippen LogP contribution in [-0.4, -0.2) is 56.0 Å². The molecule has 0 radical (unpaired) electrons. The normalized spacial score (nSPS) is 28.9. The standard InChI is InChI=1S/C11H20N2O5/c1-11(10(15)16)6-18-5-8(11)13-9(14)7(12)3-4-17-2/h7-8H,3-6,12H2,1-2H3,(H,13,14)(H,15,16). The molecular formula is C11H20N2O5. The van der Waals surface area contributed by atoms with Crippen molar-refractivity contribution in [3.05, 3.63) is 0 Å². The zero-order chi connectivity index (χ0) is 13.8. The Morgan fingerprint density at radius 2 is 2.33 bits per heavy atom. The molecule has 3 atom stereocenters. The molecule has 7 nitrogen and oxygen atoms in total. The molecule has 0 aromatic rings. The third kappa shape index (κ3) is 3.18. The molecule has 7 heteroatoms. The van der Waals surface area contributed by atoms with Crippen LogP contribution in [0.15, 0.2) is 0 Å². The topological polar surface area (TPSA) is 111 Å². The molecule has 1 amide bonds. The van der Waals surface area contributed by atoms with Gasteiger partial charge in [-0.15, -0.1) is 0 Å². The molecule has 0 saturated carbocycles. The van der Waals surface area contributed by atoms with Crippen LogP contribution in [0.2, 0.25) is 0 Å². The fourth-order valence-corrected chi connectivity index (χ4v) is 1.74. The molecule has 0 aliphatic carbocycles. The largest absolute Gasteiger partial charge is 0.481 e. The summed E-state index contributed by atoms with van der Waals surface area (Å²) in [5.74, 6) is -1.37. The second-order valence-corrected chi connectivity index (χ2v) is 4.69. The lowest BCUT2D eigenvalue weighted by atomic mass is 9.85. The van der Waals surface area contributed by atoms with Crippen molar-refractivity contribution in [2.24, 2.45) is 11.1 Å². The number of hydrogen-bond donors (Lipinski definition) is 3. The molecule has 0 spiro atoms. The van der Waals surface area contributed by atoms with Crippen molar-refractivity contribution in [3.63, 3.8) is 0 Å². The second-order valence-electron chi connectivity index (χ2n) is 4.69. The first kappa shape index (κ1) is 14.9. The molecule has 3 unspecified atom stereocenters. The summed E-state index contributed by atoms with van der Waals surface area (Å²) in [5, 5.41) is 11.8. The predicted molar refractivity (Wildman–Crippen MR) is 63.0 cm³/mol. The van der Waals surface area contributed by atoms with Crippen LogP contribution in [0.5, 0.6) is 0 Å². The Bertz CT molecular complexity index is 323. The van der Waals surface area contributed by atoms with E-state index in [1.165, 1.54) is 7.11 Å². The number of methoxy groups -OCH3 is 1. The lowest BCUT2D eigenvalue weighted by molar-refractivity contribution is -0.149. The van der Waals surface area contributed by atoms with E-state index in [1.807, 2.05) is 0 Å². The van der Waals surface area contributed by atoms with Crippen molar-refractivity contribution in [2.75, 3.05) is 26.9 Å². The second kappa shape index (κ2) is 6.12. The van der Waals surface area contributed by atoms with E-state index in [1.54, 1.807) is 6.92 Å². The molecule has 1 fully saturated rings. The van der Waals surface area contributed by atoms with Crippen molar-refractivity contribution in [3.8, 4) is 0 Å². The SMILES string of the molecule is COCCC(N)C(=O)NC1COCC1(C)C(=O)O. The maximum Gasteiger partial charge on any atom is 0.313 e. The highest BCUT2D eigenvalue weighted by Crippen LogP contribution is 2.28. The summed E-state index contributed by atoms with van der Waals surface area (Å²) >= 11 is 0. The molecule has 1 aliphatic heterocycles. The van der Waals surface area contributed by atoms with Crippen LogP contribution in [0, 0.1) is 5.41 Å². The van der Waals surface area contributed by atoms with Gasteiger partial charge in [-0.05, 0) is 13.3 Å². The summed E-state index contributed by atoms with van der Waals surface area (Å²) in [6.07, 6.45) is 0.389. The van der Waals surface area contributed by atoms with Crippen molar-refractivity contribution in [1.82, 2.24) is 5.32 Å². The molecule has 1 aliphatic rings. The minimum atomic E-state index is -1.10. The molecular weight excluding hydrogens is 240 g/mol. The molecule has 0 aromatic heterocycles. The van der Waals surface area contributed by atoms with Gasteiger partial charge >= 0.3 is 5.97 Å². The Morgan fingerprint density at radius 1 is 1.67 bits per heavy atom. The third-order valence-corrected chi connectivity index (χ3v) is 3.23. The number of carboxylic acids is 1. The molecule has 18 heavy (non-hydrogen) atoms. The van der Waals surface area contributed by atoms with Crippen LogP contribution in [0.25, 0.3) is 0 Å². The Labute approximate surface area is 106 Å². The Kier molecular flexibility index (Phi) is 5.06. The summed E-state index contributed by atoms with van der Waals surface area (Å²) in [6.45, 7) is 2.20. The van der Waals surface area contributed by atoms with Crippen molar-refractivity contribution in [2.45, 2.75) is 25.4 Å². The number of carbonyl (C=O) groups excluding carboxylic acids is 1. The fourth-order valence-electron chi connectivity index (χ4n) is 1.74. The van der Waals surface area contributed by atoms with Gasteiger partial charge in [0.15, 0.2) is 0 Å².